The molecule has 0 N–H and O–H groups in total. The summed E-state index contributed by atoms with van der Waals surface area (Å²) in [4.78, 5) is 0. The van der Waals surface area contributed by atoms with Crippen LogP contribution in [0.3, 0.4) is 0 Å². The zero-order chi connectivity index (χ0) is 14.0. The SMILES string of the molecule is CC(C#N)c1ccc(O[Si](C)(C)C(C)(C)C)cc1. The molecule has 0 bridgehead atoms. The van der Waals surface area contributed by atoms with Crippen LogP contribution in [0, 0.1) is 11.3 Å². The number of benzene rings is 1. The molecule has 0 heterocycles. The highest BCUT2D eigenvalue weighted by molar-refractivity contribution is 6.74. The molecule has 1 atom stereocenters. The summed E-state index contributed by atoms with van der Waals surface area (Å²) in [5.74, 6) is 0.849. The van der Waals surface area contributed by atoms with Crippen LogP contribution < -0.4 is 4.43 Å². The van der Waals surface area contributed by atoms with E-state index in [0.717, 1.165) is 11.3 Å². The van der Waals surface area contributed by atoms with E-state index in [0.29, 0.717) is 0 Å². The molecule has 1 unspecified atom stereocenters. The van der Waals surface area contributed by atoms with Crippen molar-refractivity contribution in [1.82, 2.24) is 0 Å². The largest absolute Gasteiger partial charge is 0.544 e. The molecule has 1 rings (SSSR count). The zero-order valence-corrected chi connectivity index (χ0v) is 13.2. The van der Waals surface area contributed by atoms with Crippen LogP contribution in [-0.2, 0) is 0 Å². The minimum absolute atomic E-state index is 0.0630. The Morgan fingerprint density at radius 1 is 1.17 bits per heavy atom. The number of nitrogens with zero attached hydrogens (tertiary/aromatic N) is 1. The second kappa shape index (κ2) is 5.15. The van der Waals surface area contributed by atoms with Gasteiger partial charge in [0.05, 0.1) is 12.0 Å². The Labute approximate surface area is 112 Å². The first kappa shape index (κ1) is 14.8. The van der Waals surface area contributed by atoms with Crippen LogP contribution >= 0.6 is 0 Å². The Bertz CT molecular complexity index is 437. The van der Waals surface area contributed by atoms with Gasteiger partial charge in [0.25, 0.3) is 0 Å². The molecule has 0 fully saturated rings. The third-order valence-electron chi connectivity index (χ3n) is 3.75. The van der Waals surface area contributed by atoms with E-state index in [1.54, 1.807) is 0 Å². The van der Waals surface area contributed by atoms with E-state index in [4.69, 9.17) is 9.69 Å². The number of rotatable bonds is 3. The van der Waals surface area contributed by atoms with Gasteiger partial charge in [-0.15, -0.1) is 0 Å². The normalized spacial score (nSPS) is 13.8. The summed E-state index contributed by atoms with van der Waals surface area (Å²) < 4.78 is 6.19. The predicted molar refractivity (Wildman–Crippen MR) is 78.3 cm³/mol. The van der Waals surface area contributed by atoms with Crippen LogP contribution in [0.4, 0.5) is 0 Å². The topological polar surface area (TPSA) is 33.0 Å². The third kappa shape index (κ3) is 3.36. The molecule has 0 aromatic heterocycles. The minimum atomic E-state index is -1.76. The fourth-order valence-corrected chi connectivity index (χ4v) is 2.38. The molecule has 98 valence electrons. The highest BCUT2D eigenvalue weighted by Gasteiger charge is 2.38. The van der Waals surface area contributed by atoms with Gasteiger partial charge in [-0.2, -0.15) is 5.26 Å². The second-order valence-corrected chi connectivity index (χ2v) is 11.0. The lowest BCUT2D eigenvalue weighted by molar-refractivity contribution is 0.492. The Kier molecular flexibility index (Phi) is 4.23. The van der Waals surface area contributed by atoms with Crippen molar-refractivity contribution < 1.29 is 4.43 Å². The van der Waals surface area contributed by atoms with Crippen LogP contribution in [0.2, 0.25) is 18.1 Å². The van der Waals surface area contributed by atoms with Crippen LogP contribution in [-0.4, -0.2) is 8.32 Å². The maximum Gasteiger partial charge on any atom is 0.250 e. The Morgan fingerprint density at radius 3 is 2.06 bits per heavy atom. The van der Waals surface area contributed by atoms with Gasteiger partial charge in [-0.1, -0.05) is 32.9 Å². The van der Waals surface area contributed by atoms with E-state index in [-0.39, 0.29) is 11.0 Å². The van der Waals surface area contributed by atoms with Crippen molar-refractivity contribution in [2.45, 2.75) is 51.7 Å². The van der Waals surface area contributed by atoms with Crippen LogP contribution in [0.5, 0.6) is 5.75 Å². The monoisotopic (exact) mass is 261 g/mol. The molecule has 0 saturated heterocycles. The Morgan fingerprint density at radius 2 is 1.67 bits per heavy atom. The third-order valence-corrected chi connectivity index (χ3v) is 8.11. The van der Waals surface area contributed by atoms with Crippen LogP contribution in [0.25, 0.3) is 0 Å². The van der Waals surface area contributed by atoms with E-state index >= 15 is 0 Å². The van der Waals surface area contributed by atoms with E-state index in [1.807, 2.05) is 31.2 Å². The van der Waals surface area contributed by atoms with E-state index < -0.39 is 8.32 Å². The van der Waals surface area contributed by atoms with Crippen molar-refractivity contribution in [3.63, 3.8) is 0 Å². The van der Waals surface area contributed by atoms with Gasteiger partial charge in [-0.25, -0.2) is 0 Å². The van der Waals surface area contributed by atoms with Gasteiger partial charge >= 0.3 is 0 Å². The van der Waals surface area contributed by atoms with E-state index in [1.165, 1.54) is 0 Å². The maximum atomic E-state index is 8.88. The first-order chi connectivity index (χ1) is 8.17. The van der Waals surface area contributed by atoms with Crippen molar-refractivity contribution in [3.8, 4) is 11.8 Å². The molecule has 0 spiro atoms. The van der Waals surface area contributed by atoms with Crippen molar-refractivity contribution >= 4 is 8.32 Å². The molecule has 0 saturated carbocycles. The molecular formula is C15H23NOSi. The molecule has 1 aromatic carbocycles. The van der Waals surface area contributed by atoms with Gasteiger partial charge in [0.2, 0.25) is 8.32 Å². The number of hydrogen-bond acceptors (Lipinski definition) is 2. The summed E-state index contributed by atoms with van der Waals surface area (Å²) in [5.41, 5.74) is 1.04. The first-order valence-corrected chi connectivity index (χ1v) is 9.27. The standard InChI is InChI=1S/C15H23NOSi/c1-12(11-16)13-7-9-14(10-8-13)17-18(5,6)15(2,3)4/h7-10,12H,1-6H3. The van der Waals surface area contributed by atoms with Crippen molar-refractivity contribution in [3.05, 3.63) is 29.8 Å². The molecule has 1 aromatic rings. The summed E-state index contributed by atoms with van der Waals surface area (Å²) in [6.07, 6.45) is 0. The molecule has 0 aliphatic rings. The lowest BCUT2D eigenvalue weighted by Gasteiger charge is -2.36. The van der Waals surface area contributed by atoms with Gasteiger partial charge in [-0.05, 0) is 42.8 Å². The highest BCUT2D eigenvalue weighted by Crippen LogP contribution is 2.37. The van der Waals surface area contributed by atoms with Crippen molar-refractivity contribution in [2.75, 3.05) is 0 Å². The van der Waals surface area contributed by atoms with Crippen LogP contribution in [0.1, 0.15) is 39.2 Å². The van der Waals surface area contributed by atoms with Gasteiger partial charge in [0.15, 0.2) is 0 Å². The van der Waals surface area contributed by atoms with Crippen molar-refractivity contribution in [1.29, 1.82) is 5.26 Å². The molecule has 0 amide bonds. The smallest absolute Gasteiger partial charge is 0.250 e. The minimum Gasteiger partial charge on any atom is -0.544 e. The van der Waals surface area contributed by atoms with Gasteiger partial charge in [0.1, 0.15) is 5.75 Å². The summed E-state index contributed by atoms with van der Waals surface area (Å²) in [6, 6.07) is 10.2. The van der Waals surface area contributed by atoms with Gasteiger partial charge < -0.3 is 4.43 Å². The molecule has 0 aliphatic carbocycles. The highest BCUT2D eigenvalue weighted by atomic mass is 28.4. The fraction of sp³-hybridized carbons (Fsp3) is 0.533. The molecule has 0 aliphatic heterocycles. The number of hydrogen-bond donors (Lipinski definition) is 0. The van der Waals surface area contributed by atoms with Crippen molar-refractivity contribution in [2.24, 2.45) is 0 Å². The molecule has 18 heavy (non-hydrogen) atoms. The fourth-order valence-electron chi connectivity index (χ4n) is 1.35. The van der Waals surface area contributed by atoms with Crippen LogP contribution in [0.15, 0.2) is 24.3 Å². The molecule has 2 nitrogen and oxygen atoms in total. The average molecular weight is 261 g/mol. The maximum absolute atomic E-state index is 8.88. The summed E-state index contributed by atoms with van der Waals surface area (Å²) in [5, 5.41) is 9.08. The zero-order valence-electron chi connectivity index (χ0n) is 12.2. The van der Waals surface area contributed by atoms with Gasteiger partial charge in [0, 0.05) is 0 Å². The summed E-state index contributed by atoms with van der Waals surface area (Å²) in [7, 11) is -1.76. The molecular weight excluding hydrogens is 238 g/mol. The van der Waals surface area contributed by atoms with E-state index in [9.17, 15) is 0 Å². The lowest BCUT2D eigenvalue weighted by Crippen LogP contribution is -2.43. The summed E-state index contributed by atoms with van der Waals surface area (Å²) >= 11 is 0. The Hall–Kier alpha value is -1.27. The quantitative estimate of drug-likeness (QED) is 0.739. The number of nitriles is 1. The second-order valence-electron chi connectivity index (χ2n) is 6.28. The molecule has 0 radical (unpaired) electrons. The first-order valence-electron chi connectivity index (χ1n) is 6.36. The average Bonchev–Trinajstić information content (AvgIpc) is 2.27. The van der Waals surface area contributed by atoms with Gasteiger partial charge in [-0.3, -0.25) is 0 Å². The molecule has 3 heteroatoms. The lowest BCUT2D eigenvalue weighted by atomic mass is 10.0. The predicted octanol–water partition coefficient (Wildman–Crippen LogP) is 4.70. The Balaban J connectivity index is 2.86. The van der Waals surface area contributed by atoms with E-state index in [2.05, 4.69) is 39.9 Å². The summed E-state index contributed by atoms with van der Waals surface area (Å²) in [6.45, 7) is 13.1.